The maximum atomic E-state index is 13.8. The first-order valence-electron chi connectivity index (χ1n) is 24.3. The Balaban J connectivity index is 0.000000261. The molecule has 0 bridgehead atoms. The van der Waals surface area contributed by atoms with Crippen LogP contribution in [0.3, 0.4) is 0 Å². The fourth-order valence-corrected chi connectivity index (χ4v) is 11.2. The van der Waals surface area contributed by atoms with E-state index >= 15 is 0 Å². The van der Waals surface area contributed by atoms with Crippen LogP contribution < -0.4 is 9.62 Å². The van der Waals surface area contributed by atoms with Gasteiger partial charge in [-0.05, 0) is 146 Å². The minimum absolute atomic E-state index is 0.0428. The molecular formula is C57H67FN2O8S2. The summed E-state index contributed by atoms with van der Waals surface area (Å²) in [5, 5.41) is 21.7. The van der Waals surface area contributed by atoms with Crippen molar-refractivity contribution in [1.82, 2.24) is 0 Å². The van der Waals surface area contributed by atoms with Gasteiger partial charge in [0.1, 0.15) is 5.82 Å². The number of carboxylic acids is 2. The third kappa shape index (κ3) is 17.3. The quantitative estimate of drug-likeness (QED) is 0.0427. The van der Waals surface area contributed by atoms with Gasteiger partial charge in [0.15, 0.2) is 9.84 Å². The van der Waals surface area contributed by atoms with Gasteiger partial charge in [0, 0.05) is 18.8 Å². The van der Waals surface area contributed by atoms with E-state index in [1.165, 1.54) is 23.8 Å². The number of para-hydroxylation sites is 2. The lowest BCUT2D eigenvalue weighted by molar-refractivity contribution is 0.0686. The third-order valence-corrected chi connectivity index (χ3v) is 15.8. The molecule has 0 fully saturated rings. The second-order valence-electron chi connectivity index (χ2n) is 17.6. The van der Waals surface area contributed by atoms with Gasteiger partial charge in [0.2, 0.25) is 0 Å². The van der Waals surface area contributed by atoms with Crippen molar-refractivity contribution in [2.24, 2.45) is 0 Å². The minimum Gasteiger partial charge on any atom is -0.478 e. The monoisotopic (exact) mass is 990 g/mol. The Labute approximate surface area is 414 Å². The van der Waals surface area contributed by atoms with Crippen LogP contribution in [0.15, 0.2) is 155 Å². The number of sulfone groups is 1. The second kappa shape index (κ2) is 27.8. The summed E-state index contributed by atoms with van der Waals surface area (Å²) in [6, 6.07) is 42.0. The van der Waals surface area contributed by atoms with Gasteiger partial charge in [-0.15, -0.1) is 0 Å². The highest BCUT2D eigenvalue weighted by Crippen LogP contribution is 2.30. The van der Waals surface area contributed by atoms with Gasteiger partial charge in [-0.3, -0.25) is 4.31 Å². The van der Waals surface area contributed by atoms with Crippen LogP contribution in [-0.2, 0) is 45.5 Å². The van der Waals surface area contributed by atoms with Crippen LogP contribution >= 0.6 is 0 Å². The number of rotatable bonds is 27. The Hall–Kier alpha value is -6.31. The smallest absolute Gasteiger partial charge is 0.335 e. The molecule has 3 N–H and O–H groups in total. The van der Waals surface area contributed by atoms with Gasteiger partial charge in [0.05, 0.1) is 32.4 Å². The molecule has 0 heterocycles. The molecule has 0 aliphatic rings. The number of sulfonamides is 1. The highest BCUT2D eigenvalue weighted by atomic mass is 32.2. The molecule has 70 heavy (non-hydrogen) atoms. The predicted molar refractivity (Wildman–Crippen MR) is 279 cm³/mol. The first-order valence-corrected chi connectivity index (χ1v) is 27.4. The molecule has 0 aliphatic carbocycles. The van der Waals surface area contributed by atoms with Gasteiger partial charge < -0.3 is 15.5 Å². The molecule has 0 amide bonds. The Morgan fingerprint density at radius 2 is 1.10 bits per heavy atom. The first kappa shape index (κ1) is 54.6. The van der Waals surface area contributed by atoms with Gasteiger partial charge in [0.25, 0.3) is 10.0 Å². The lowest BCUT2D eigenvalue weighted by Crippen LogP contribution is -2.33. The van der Waals surface area contributed by atoms with E-state index in [9.17, 15) is 30.8 Å². The van der Waals surface area contributed by atoms with Crippen molar-refractivity contribution in [2.75, 3.05) is 28.5 Å². The average molecular weight is 991 g/mol. The highest BCUT2D eigenvalue weighted by molar-refractivity contribution is 7.92. The van der Waals surface area contributed by atoms with E-state index in [2.05, 4.69) is 24.4 Å². The van der Waals surface area contributed by atoms with Crippen LogP contribution in [0.2, 0.25) is 0 Å². The van der Waals surface area contributed by atoms with Crippen LogP contribution in [0.5, 0.6) is 0 Å². The number of nitrogens with one attached hydrogen (secondary N) is 1. The van der Waals surface area contributed by atoms with E-state index in [0.29, 0.717) is 42.0 Å². The van der Waals surface area contributed by atoms with Crippen LogP contribution in [0.1, 0.15) is 120 Å². The molecule has 0 aromatic heterocycles. The standard InChI is InChI=1S/C29H35NO4S.C28H32FNO4S/c1-3-4-5-6-9-21-30(35(33,34)27-13-10-11-23(2)22-27)28-14-8-7-12-25(28)18-15-24-16-19-26(20-17-24)29(31)32;29-25-10-8-11-26(21-25)35(33,34)20-7-3-1-2-6-19-30-27-12-5-4-9-23(27)16-13-22-14-17-24(18-15-22)28(31)32/h7-8,10-14,16-17,19-20,22H,3-6,9,15,18,21H2,1-2H3,(H,31,32);4-5,8-12,14-15,17-18,21,30H,1-3,6-7,13,16,19-20H2,(H,31,32). The topological polar surface area (TPSA) is 158 Å². The number of halogens is 1. The number of carbonyl (C=O) groups is 2. The van der Waals surface area contributed by atoms with Crippen molar-refractivity contribution in [3.05, 3.63) is 190 Å². The van der Waals surface area contributed by atoms with E-state index in [1.54, 1.807) is 46.8 Å². The Morgan fingerprint density at radius 1 is 0.557 bits per heavy atom. The molecule has 0 aliphatic heterocycles. The van der Waals surface area contributed by atoms with Crippen molar-refractivity contribution in [1.29, 1.82) is 0 Å². The maximum absolute atomic E-state index is 13.8. The van der Waals surface area contributed by atoms with Gasteiger partial charge in [-0.25, -0.2) is 30.8 Å². The van der Waals surface area contributed by atoms with Gasteiger partial charge in [-0.2, -0.15) is 0 Å². The maximum Gasteiger partial charge on any atom is 0.335 e. The fourth-order valence-electron chi connectivity index (χ4n) is 8.14. The van der Waals surface area contributed by atoms with Crippen molar-refractivity contribution in [3.63, 3.8) is 0 Å². The summed E-state index contributed by atoms with van der Waals surface area (Å²) in [5.74, 6) is -2.35. The third-order valence-electron chi connectivity index (χ3n) is 12.1. The van der Waals surface area contributed by atoms with Crippen molar-refractivity contribution in [3.8, 4) is 0 Å². The van der Waals surface area contributed by atoms with E-state index in [4.69, 9.17) is 10.2 Å². The number of aryl methyl sites for hydroxylation is 5. The predicted octanol–water partition coefficient (Wildman–Crippen LogP) is 12.8. The van der Waals surface area contributed by atoms with Crippen molar-refractivity contribution < 1.29 is 41.0 Å². The molecule has 6 rings (SSSR count). The van der Waals surface area contributed by atoms with Gasteiger partial charge in [-0.1, -0.05) is 131 Å². The van der Waals surface area contributed by atoms with E-state index in [-0.39, 0.29) is 16.2 Å². The van der Waals surface area contributed by atoms with Crippen LogP contribution in [0.25, 0.3) is 0 Å². The number of hydrogen-bond acceptors (Lipinski definition) is 7. The van der Waals surface area contributed by atoms with Crippen LogP contribution in [0, 0.1) is 12.7 Å². The van der Waals surface area contributed by atoms with Gasteiger partial charge >= 0.3 is 11.9 Å². The van der Waals surface area contributed by atoms with Crippen molar-refractivity contribution >= 4 is 43.2 Å². The Morgan fingerprint density at radius 3 is 1.73 bits per heavy atom. The number of carboxylic acid groups (broad SMARTS) is 2. The summed E-state index contributed by atoms with van der Waals surface area (Å²) in [6.45, 7) is 5.34. The molecule has 13 heteroatoms. The molecule has 0 saturated heterocycles. The molecule has 372 valence electrons. The highest BCUT2D eigenvalue weighted by Gasteiger charge is 2.26. The minimum atomic E-state index is -3.72. The van der Waals surface area contributed by atoms with Crippen LogP contribution in [0.4, 0.5) is 15.8 Å². The summed E-state index contributed by atoms with van der Waals surface area (Å²) >= 11 is 0. The normalized spacial score (nSPS) is 11.4. The summed E-state index contributed by atoms with van der Waals surface area (Å²) in [4.78, 5) is 22.5. The Kier molecular flexibility index (Phi) is 21.7. The lowest BCUT2D eigenvalue weighted by Gasteiger charge is -2.27. The first-order chi connectivity index (χ1) is 33.7. The lowest BCUT2D eigenvalue weighted by atomic mass is 10.0. The summed E-state index contributed by atoms with van der Waals surface area (Å²) in [5.41, 5.74) is 7.57. The van der Waals surface area contributed by atoms with Crippen LogP contribution in [-0.4, -0.2) is 57.8 Å². The molecule has 10 nitrogen and oxygen atoms in total. The number of benzene rings is 6. The molecule has 6 aromatic rings. The van der Waals surface area contributed by atoms with E-state index in [0.717, 1.165) is 111 Å². The molecule has 0 atom stereocenters. The zero-order valence-electron chi connectivity index (χ0n) is 40.4. The van der Waals surface area contributed by atoms with E-state index in [1.807, 2.05) is 73.7 Å². The zero-order valence-corrected chi connectivity index (χ0v) is 42.0. The number of anilines is 2. The van der Waals surface area contributed by atoms with E-state index < -0.39 is 37.6 Å². The SMILES string of the molecule is CCCCCCCN(c1ccccc1CCc1ccc(C(=O)O)cc1)S(=O)(=O)c1cccc(C)c1.O=C(O)c1ccc(CCc2ccccc2NCCCCCCCS(=O)(=O)c2cccc(F)c2)cc1. The number of aromatic carboxylic acids is 2. The largest absolute Gasteiger partial charge is 0.478 e. The number of hydrogen-bond donors (Lipinski definition) is 3. The zero-order chi connectivity index (χ0) is 50.4. The molecule has 6 aromatic carbocycles. The average Bonchev–Trinajstić information content (AvgIpc) is 3.35. The molecule has 0 spiro atoms. The summed E-state index contributed by atoms with van der Waals surface area (Å²) < 4.78 is 67.1. The Bertz CT molecular complexity index is 2820. The summed E-state index contributed by atoms with van der Waals surface area (Å²) in [7, 11) is -7.15. The molecule has 0 saturated carbocycles. The summed E-state index contributed by atoms with van der Waals surface area (Å²) in [6.07, 6.45) is 12.6. The fraction of sp³-hybridized carbons (Fsp3) is 0.333. The molecule has 0 radical (unpaired) electrons. The molecular weight excluding hydrogens is 924 g/mol. The molecule has 0 unspecified atom stereocenters. The number of unbranched alkanes of at least 4 members (excludes halogenated alkanes) is 8. The second-order valence-corrected chi connectivity index (χ2v) is 21.5. The number of nitrogens with zero attached hydrogens (tertiary/aromatic N) is 1. The van der Waals surface area contributed by atoms with Crippen molar-refractivity contribution in [2.45, 2.75) is 114 Å².